The summed E-state index contributed by atoms with van der Waals surface area (Å²) in [5.74, 6) is 1.90. The van der Waals surface area contributed by atoms with Gasteiger partial charge < -0.3 is 14.2 Å². The number of para-hydroxylation sites is 2. The van der Waals surface area contributed by atoms with Gasteiger partial charge in [-0.3, -0.25) is 9.69 Å². The van der Waals surface area contributed by atoms with Crippen molar-refractivity contribution in [1.29, 1.82) is 0 Å². The van der Waals surface area contributed by atoms with Crippen molar-refractivity contribution in [1.82, 2.24) is 14.5 Å². The number of hydrogen-bond acceptors (Lipinski definition) is 6. The predicted molar refractivity (Wildman–Crippen MR) is 123 cm³/mol. The van der Waals surface area contributed by atoms with E-state index in [1.54, 1.807) is 18.4 Å². The van der Waals surface area contributed by atoms with Crippen molar-refractivity contribution in [3.63, 3.8) is 0 Å². The second-order valence-corrected chi connectivity index (χ2v) is 9.14. The maximum atomic E-state index is 13.3. The lowest BCUT2D eigenvalue weighted by atomic mass is 9.95. The number of piperidine rings is 1. The number of hydrogen-bond donors (Lipinski definition) is 0. The average Bonchev–Trinajstić information content (AvgIpc) is 3.51. The Balaban J connectivity index is 1.17. The van der Waals surface area contributed by atoms with Gasteiger partial charge in [0.2, 0.25) is 11.9 Å². The number of anilines is 2. The Hall–Kier alpha value is -3.13. The zero-order valence-electron chi connectivity index (χ0n) is 17.3. The van der Waals surface area contributed by atoms with Crippen molar-refractivity contribution in [3.05, 3.63) is 42.5 Å². The van der Waals surface area contributed by atoms with Gasteiger partial charge in [-0.25, -0.2) is 9.97 Å². The zero-order valence-corrected chi connectivity index (χ0v) is 18.1. The molecule has 0 unspecified atom stereocenters. The molecule has 2 aliphatic rings. The molecule has 2 aliphatic heterocycles. The minimum absolute atomic E-state index is 0.0390. The molecule has 1 saturated heterocycles. The molecule has 4 heterocycles. The first-order valence-corrected chi connectivity index (χ1v) is 11.5. The van der Waals surface area contributed by atoms with Gasteiger partial charge in [0.25, 0.3) is 0 Å². The first-order valence-electron chi connectivity index (χ1n) is 10.7. The van der Waals surface area contributed by atoms with E-state index in [-0.39, 0.29) is 11.8 Å². The SMILES string of the molecule is COc1ccc2nc(N3CCC(C(=O)N4CCn5c4nc4ccccc45)CC3)sc2c1. The van der Waals surface area contributed by atoms with Gasteiger partial charge in [-0.05, 0) is 43.2 Å². The van der Waals surface area contributed by atoms with Crippen molar-refractivity contribution >= 4 is 49.6 Å². The molecule has 0 atom stereocenters. The molecule has 0 spiro atoms. The van der Waals surface area contributed by atoms with E-state index < -0.39 is 0 Å². The van der Waals surface area contributed by atoms with Crippen LogP contribution in [0.4, 0.5) is 11.1 Å². The highest BCUT2D eigenvalue weighted by atomic mass is 32.1. The van der Waals surface area contributed by atoms with E-state index in [0.717, 1.165) is 70.6 Å². The van der Waals surface area contributed by atoms with Crippen LogP contribution in [-0.2, 0) is 11.3 Å². The van der Waals surface area contributed by atoms with E-state index in [4.69, 9.17) is 14.7 Å². The molecule has 2 aromatic heterocycles. The van der Waals surface area contributed by atoms with E-state index in [2.05, 4.69) is 15.5 Å². The van der Waals surface area contributed by atoms with Gasteiger partial charge in [0.05, 0.1) is 28.4 Å². The summed E-state index contributed by atoms with van der Waals surface area (Å²) in [4.78, 5) is 27.0. The monoisotopic (exact) mass is 433 g/mol. The molecule has 31 heavy (non-hydrogen) atoms. The number of fused-ring (bicyclic) bond motifs is 4. The number of imidazole rings is 1. The largest absolute Gasteiger partial charge is 0.497 e. The van der Waals surface area contributed by atoms with Crippen molar-refractivity contribution in [2.75, 3.05) is 36.5 Å². The Morgan fingerprint density at radius 2 is 1.87 bits per heavy atom. The summed E-state index contributed by atoms with van der Waals surface area (Å²) < 4.78 is 8.62. The van der Waals surface area contributed by atoms with Gasteiger partial charge in [0.1, 0.15) is 5.75 Å². The number of carbonyl (C=O) groups is 1. The van der Waals surface area contributed by atoms with E-state index in [1.165, 1.54) is 0 Å². The Labute approximate surface area is 183 Å². The quantitative estimate of drug-likeness (QED) is 0.490. The fourth-order valence-electron chi connectivity index (χ4n) is 4.69. The Morgan fingerprint density at radius 1 is 1.03 bits per heavy atom. The van der Waals surface area contributed by atoms with Gasteiger partial charge >= 0.3 is 0 Å². The molecular weight excluding hydrogens is 410 g/mol. The summed E-state index contributed by atoms with van der Waals surface area (Å²) in [6.45, 7) is 3.22. The molecule has 7 nitrogen and oxygen atoms in total. The number of carbonyl (C=O) groups excluding carboxylic acids is 1. The molecule has 0 radical (unpaired) electrons. The number of benzene rings is 2. The minimum atomic E-state index is 0.0390. The van der Waals surface area contributed by atoms with Crippen LogP contribution < -0.4 is 14.5 Å². The van der Waals surface area contributed by atoms with Crippen molar-refractivity contribution in [2.45, 2.75) is 19.4 Å². The van der Waals surface area contributed by atoms with E-state index in [1.807, 2.05) is 41.3 Å². The molecule has 8 heteroatoms. The van der Waals surface area contributed by atoms with Crippen LogP contribution in [0.15, 0.2) is 42.5 Å². The van der Waals surface area contributed by atoms with Gasteiger partial charge in [0.15, 0.2) is 5.13 Å². The summed E-state index contributed by atoms with van der Waals surface area (Å²) in [5.41, 5.74) is 3.06. The van der Waals surface area contributed by atoms with Crippen LogP contribution in [0.25, 0.3) is 21.3 Å². The number of nitrogens with zero attached hydrogens (tertiary/aromatic N) is 5. The lowest BCUT2D eigenvalue weighted by molar-refractivity contribution is -0.122. The van der Waals surface area contributed by atoms with Crippen molar-refractivity contribution in [2.24, 2.45) is 5.92 Å². The number of aromatic nitrogens is 3. The molecule has 0 saturated carbocycles. The number of thiazole rings is 1. The van der Waals surface area contributed by atoms with Crippen LogP contribution >= 0.6 is 11.3 Å². The molecule has 1 fully saturated rings. The third kappa shape index (κ3) is 3.05. The molecule has 158 valence electrons. The Kier molecular flexibility index (Phi) is 4.34. The fraction of sp³-hybridized carbons (Fsp3) is 0.348. The van der Waals surface area contributed by atoms with E-state index >= 15 is 0 Å². The lowest BCUT2D eigenvalue weighted by Gasteiger charge is -2.32. The lowest BCUT2D eigenvalue weighted by Crippen LogP contribution is -2.42. The summed E-state index contributed by atoms with van der Waals surface area (Å²) in [6.07, 6.45) is 1.68. The third-order valence-corrected chi connectivity index (χ3v) is 7.47. The number of amides is 1. The maximum Gasteiger partial charge on any atom is 0.232 e. The molecule has 2 aromatic carbocycles. The van der Waals surface area contributed by atoms with E-state index in [0.29, 0.717) is 6.54 Å². The summed E-state index contributed by atoms with van der Waals surface area (Å²) >= 11 is 1.69. The summed E-state index contributed by atoms with van der Waals surface area (Å²) in [6, 6.07) is 14.1. The Morgan fingerprint density at radius 3 is 2.71 bits per heavy atom. The molecule has 6 rings (SSSR count). The van der Waals surface area contributed by atoms with Crippen molar-refractivity contribution < 1.29 is 9.53 Å². The first-order chi connectivity index (χ1) is 15.2. The molecule has 0 bridgehead atoms. The zero-order chi connectivity index (χ0) is 20.9. The van der Waals surface area contributed by atoms with Crippen LogP contribution in [0.5, 0.6) is 5.75 Å². The summed E-state index contributed by atoms with van der Waals surface area (Å²) in [7, 11) is 1.68. The first kappa shape index (κ1) is 18.6. The number of ether oxygens (including phenoxy) is 1. The third-order valence-electron chi connectivity index (χ3n) is 6.39. The maximum absolute atomic E-state index is 13.3. The topological polar surface area (TPSA) is 63.5 Å². The molecule has 1 amide bonds. The molecule has 0 aliphatic carbocycles. The van der Waals surface area contributed by atoms with Gasteiger partial charge in [-0.15, -0.1) is 0 Å². The minimum Gasteiger partial charge on any atom is -0.497 e. The van der Waals surface area contributed by atoms with Crippen LogP contribution in [0.2, 0.25) is 0 Å². The smallest absolute Gasteiger partial charge is 0.232 e. The second kappa shape index (κ2) is 7.23. The highest BCUT2D eigenvalue weighted by Gasteiger charge is 2.34. The highest BCUT2D eigenvalue weighted by molar-refractivity contribution is 7.22. The Bertz CT molecular complexity index is 1290. The highest BCUT2D eigenvalue weighted by Crippen LogP contribution is 2.35. The molecule has 0 N–H and O–H groups in total. The van der Waals surface area contributed by atoms with Gasteiger partial charge in [0, 0.05) is 32.1 Å². The van der Waals surface area contributed by atoms with Crippen LogP contribution in [0, 0.1) is 5.92 Å². The average molecular weight is 434 g/mol. The van der Waals surface area contributed by atoms with E-state index in [9.17, 15) is 4.79 Å². The number of methoxy groups -OCH3 is 1. The van der Waals surface area contributed by atoms with Crippen LogP contribution in [0.1, 0.15) is 12.8 Å². The summed E-state index contributed by atoms with van der Waals surface area (Å²) in [5, 5.41) is 1.03. The van der Waals surface area contributed by atoms with Crippen LogP contribution in [-0.4, -0.2) is 47.2 Å². The van der Waals surface area contributed by atoms with Gasteiger partial charge in [-0.1, -0.05) is 23.5 Å². The normalized spacial score (nSPS) is 16.9. The molecule has 4 aromatic rings. The molecular formula is C23H23N5O2S. The van der Waals surface area contributed by atoms with Crippen LogP contribution in [0.3, 0.4) is 0 Å². The standard InChI is InChI=1S/C23H23N5O2S/c1-30-16-6-7-18-20(14-16)31-23(25-18)26-10-8-15(9-11-26)21(29)28-13-12-27-19-5-3-2-4-17(19)24-22(27)28/h2-7,14-15H,8-13H2,1H3. The number of rotatable bonds is 3. The second-order valence-electron chi connectivity index (χ2n) is 8.13. The van der Waals surface area contributed by atoms with Crippen molar-refractivity contribution in [3.8, 4) is 5.75 Å². The van der Waals surface area contributed by atoms with Gasteiger partial charge in [-0.2, -0.15) is 0 Å². The predicted octanol–water partition coefficient (Wildman–Crippen LogP) is 3.92. The fourth-order valence-corrected chi connectivity index (χ4v) is 5.74.